The summed E-state index contributed by atoms with van der Waals surface area (Å²) in [5.74, 6) is -0.178. The highest BCUT2D eigenvalue weighted by Gasteiger charge is 2.18. The molecular formula is C30H24F2N12O2. The first-order valence-electron chi connectivity index (χ1n) is 13.6. The van der Waals surface area contributed by atoms with Crippen LogP contribution in [0.15, 0.2) is 101 Å². The van der Waals surface area contributed by atoms with Crippen molar-refractivity contribution in [2.75, 3.05) is 5.73 Å². The smallest absolute Gasteiger partial charge is 0.182 e. The summed E-state index contributed by atoms with van der Waals surface area (Å²) in [4.78, 5) is 12.3. The van der Waals surface area contributed by atoms with Crippen LogP contribution in [0, 0.1) is 17.0 Å². The summed E-state index contributed by atoms with van der Waals surface area (Å²) >= 11 is 0. The first-order chi connectivity index (χ1) is 22.4. The zero-order chi connectivity index (χ0) is 32.0. The van der Waals surface area contributed by atoms with Crippen LogP contribution in [0.3, 0.4) is 0 Å². The Kier molecular flexibility index (Phi) is 8.31. The summed E-state index contributed by atoms with van der Waals surface area (Å²) in [5, 5.41) is 23.9. The molecule has 16 heteroatoms. The van der Waals surface area contributed by atoms with Crippen LogP contribution in [0.4, 0.5) is 14.6 Å². The van der Waals surface area contributed by atoms with Gasteiger partial charge in [0.05, 0.1) is 30.2 Å². The number of anilines is 1. The van der Waals surface area contributed by atoms with Crippen LogP contribution in [0.5, 0.6) is 0 Å². The number of hydrogen-bond acceptors (Lipinski definition) is 11. The van der Waals surface area contributed by atoms with Gasteiger partial charge < -0.3 is 20.5 Å². The second-order valence-corrected chi connectivity index (χ2v) is 9.66. The molecule has 0 spiro atoms. The van der Waals surface area contributed by atoms with E-state index in [1.807, 2.05) is 0 Å². The van der Waals surface area contributed by atoms with Crippen molar-refractivity contribution >= 4 is 11.7 Å². The largest absolute Gasteiger partial charge is 0.384 e. The van der Waals surface area contributed by atoms with E-state index in [-0.39, 0.29) is 36.1 Å². The van der Waals surface area contributed by atoms with Gasteiger partial charge in [-0.3, -0.25) is 19.8 Å². The molecule has 0 atom stereocenters. The molecule has 0 aliphatic carbocycles. The second kappa shape index (κ2) is 13.0. The topological polar surface area (TPSA) is 202 Å². The van der Waals surface area contributed by atoms with Crippen molar-refractivity contribution in [3.05, 3.63) is 120 Å². The van der Waals surface area contributed by atoms with Gasteiger partial charge in [0.15, 0.2) is 5.82 Å². The molecule has 7 rings (SSSR count). The monoisotopic (exact) mass is 622 g/mol. The van der Waals surface area contributed by atoms with Crippen LogP contribution in [-0.4, -0.2) is 50.7 Å². The minimum absolute atomic E-state index is 0.0994. The van der Waals surface area contributed by atoms with E-state index in [9.17, 15) is 8.78 Å². The van der Waals surface area contributed by atoms with Gasteiger partial charge in [-0.15, -0.1) is 0 Å². The zero-order valence-corrected chi connectivity index (χ0v) is 23.8. The molecule has 1 aromatic carbocycles. The number of pyridine rings is 1. The fourth-order valence-corrected chi connectivity index (χ4v) is 4.38. The summed E-state index contributed by atoms with van der Waals surface area (Å²) in [6.07, 6.45) is 5.95. The van der Waals surface area contributed by atoms with E-state index in [2.05, 4.69) is 35.5 Å². The minimum Gasteiger partial charge on any atom is -0.384 e. The van der Waals surface area contributed by atoms with Gasteiger partial charge in [0.25, 0.3) is 0 Å². The fourth-order valence-electron chi connectivity index (χ4n) is 4.38. The molecule has 6 aromatic heterocycles. The summed E-state index contributed by atoms with van der Waals surface area (Å²) in [5.41, 5.74) is 15.0. The first kappa shape index (κ1) is 29.5. The van der Waals surface area contributed by atoms with Crippen molar-refractivity contribution in [1.29, 1.82) is 5.41 Å². The molecule has 0 saturated heterocycles. The van der Waals surface area contributed by atoms with Crippen LogP contribution in [0.2, 0.25) is 0 Å². The third-order valence-electron chi connectivity index (χ3n) is 6.55. The van der Waals surface area contributed by atoms with Crippen molar-refractivity contribution in [1.82, 2.24) is 44.8 Å². The molecule has 0 aliphatic rings. The maximum Gasteiger partial charge on any atom is 0.182 e. The van der Waals surface area contributed by atoms with Crippen molar-refractivity contribution in [3.63, 3.8) is 0 Å². The number of benzene rings is 1. The van der Waals surface area contributed by atoms with Gasteiger partial charge in [0.2, 0.25) is 0 Å². The highest BCUT2D eigenvalue weighted by molar-refractivity contribution is 5.94. The molecule has 6 heterocycles. The number of nitrogens with two attached hydrogens (primary N) is 2. The quantitative estimate of drug-likeness (QED) is 0.162. The van der Waals surface area contributed by atoms with Gasteiger partial charge in [-0.2, -0.15) is 10.2 Å². The number of rotatable bonds is 8. The van der Waals surface area contributed by atoms with Crippen LogP contribution in [-0.2, 0) is 13.1 Å². The maximum absolute atomic E-state index is 14.0. The van der Waals surface area contributed by atoms with Gasteiger partial charge in [0.1, 0.15) is 58.6 Å². The van der Waals surface area contributed by atoms with Crippen LogP contribution >= 0.6 is 0 Å². The molecular weight excluding hydrogens is 598 g/mol. The van der Waals surface area contributed by atoms with Gasteiger partial charge in [-0.25, -0.2) is 18.7 Å². The number of nitrogens with one attached hydrogen (secondary N) is 1. The Morgan fingerprint density at radius 3 is 2.11 bits per heavy atom. The van der Waals surface area contributed by atoms with Crippen LogP contribution < -0.4 is 11.5 Å². The molecule has 0 radical (unpaired) electrons. The van der Waals surface area contributed by atoms with Crippen LogP contribution in [0.25, 0.3) is 34.3 Å². The molecule has 0 saturated carbocycles. The third kappa shape index (κ3) is 6.49. The Labute approximate surface area is 258 Å². The Bertz CT molecular complexity index is 2090. The van der Waals surface area contributed by atoms with E-state index in [0.717, 1.165) is 0 Å². The fraction of sp³-hybridized carbons (Fsp3) is 0.0667. The molecule has 0 amide bonds. The van der Waals surface area contributed by atoms with Gasteiger partial charge in [0, 0.05) is 30.1 Å². The standard InChI is InChI=1S/C17H13FN6O.C13H11FN6O/c18-12-4-2-1-3-11(12)10-24-15(13-6-8-25-23-13)9-14(22-24)17-20-7-5-16(19)21-17;14-8-2-1-4-17-11(8)7-20-12(9-3-5-21-19-9)6-10(18-20)13(15)16/h1-9H,10H2,(H2,19,20,21);1-6H,7H2,(H3,15,16). The minimum atomic E-state index is -0.427. The van der Waals surface area contributed by atoms with E-state index in [4.69, 9.17) is 25.9 Å². The summed E-state index contributed by atoms with van der Waals surface area (Å²) in [6.45, 7) is 0.333. The number of amidine groups is 1. The zero-order valence-electron chi connectivity index (χ0n) is 23.8. The van der Waals surface area contributed by atoms with E-state index in [0.29, 0.717) is 45.7 Å². The van der Waals surface area contributed by atoms with Crippen molar-refractivity contribution < 1.29 is 17.8 Å². The molecule has 0 unspecified atom stereocenters. The normalized spacial score (nSPS) is 10.8. The number of nitrogens with zero attached hydrogens (tertiary/aromatic N) is 9. The second-order valence-electron chi connectivity index (χ2n) is 9.66. The number of hydrogen-bond donors (Lipinski definition) is 3. The molecule has 46 heavy (non-hydrogen) atoms. The van der Waals surface area contributed by atoms with Gasteiger partial charge in [-0.1, -0.05) is 28.5 Å². The Morgan fingerprint density at radius 2 is 1.46 bits per heavy atom. The maximum atomic E-state index is 14.0. The molecule has 7 aromatic rings. The summed E-state index contributed by atoms with van der Waals surface area (Å²) in [7, 11) is 0. The van der Waals surface area contributed by atoms with E-state index >= 15 is 0 Å². The highest BCUT2D eigenvalue weighted by Crippen LogP contribution is 2.25. The van der Waals surface area contributed by atoms with E-state index in [1.165, 1.54) is 41.6 Å². The lowest BCUT2D eigenvalue weighted by atomic mass is 10.2. The van der Waals surface area contributed by atoms with Crippen molar-refractivity contribution in [2.24, 2.45) is 5.73 Å². The van der Waals surface area contributed by atoms with Crippen molar-refractivity contribution in [2.45, 2.75) is 13.1 Å². The number of nitrogen functional groups attached to an aromatic ring is 2. The SMILES string of the molecule is N=C(N)c1cc(-c2ccon2)n(Cc2ncccc2F)n1.Nc1ccnc(-c2cc(-c3ccon3)n(Cc3ccccc3F)n2)n1. The highest BCUT2D eigenvalue weighted by atomic mass is 19.1. The molecule has 230 valence electrons. The summed E-state index contributed by atoms with van der Waals surface area (Å²) in [6, 6.07) is 17.7. The number of aromatic nitrogens is 9. The average molecular weight is 623 g/mol. The predicted octanol–water partition coefficient (Wildman–Crippen LogP) is 4.17. The van der Waals surface area contributed by atoms with E-state index < -0.39 is 5.82 Å². The molecule has 0 fully saturated rings. The predicted molar refractivity (Wildman–Crippen MR) is 161 cm³/mol. The lowest BCUT2D eigenvalue weighted by molar-refractivity contribution is 0.421. The summed E-state index contributed by atoms with van der Waals surface area (Å²) < 4.78 is 40.6. The average Bonchev–Trinajstić information content (AvgIpc) is 3.87. The Morgan fingerprint density at radius 1 is 0.761 bits per heavy atom. The lowest BCUT2D eigenvalue weighted by Gasteiger charge is -2.06. The molecule has 0 bridgehead atoms. The number of halogens is 2. The lowest BCUT2D eigenvalue weighted by Crippen LogP contribution is -2.13. The van der Waals surface area contributed by atoms with Gasteiger partial charge in [-0.05, 0) is 36.4 Å². The Hall–Kier alpha value is -6.58. The first-order valence-corrected chi connectivity index (χ1v) is 13.6. The molecule has 0 aliphatic heterocycles. The van der Waals surface area contributed by atoms with Crippen molar-refractivity contribution in [3.8, 4) is 34.3 Å². The Balaban J connectivity index is 0.000000164. The van der Waals surface area contributed by atoms with E-state index in [1.54, 1.807) is 59.4 Å². The van der Waals surface area contributed by atoms with Gasteiger partial charge >= 0.3 is 0 Å². The molecule has 5 N–H and O–H groups in total. The third-order valence-corrected chi connectivity index (χ3v) is 6.55. The molecule has 14 nitrogen and oxygen atoms in total. The van der Waals surface area contributed by atoms with Crippen LogP contribution in [0.1, 0.15) is 17.0 Å².